The molecule has 0 saturated heterocycles. The van der Waals surface area contributed by atoms with Gasteiger partial charge in [-0.3, -0.25) is 4.98 Å². The first kappa shape index (κ1) is 14.4. The fourth-order valence-electron chi connectivity index (χ4n) is 2.09. The van der Waals surface area contributed by atoms with E-state index < -0.39 is 0 Å². The Morgan fingerprint density at radius 3 is 2.05 bits per heavy atom. The second-order valence-corrected chi connectivity index (χ2v) is 4.34. The number of hydrogen-bond donors (Lipinski definition) is 1. The quantitative estimate of drug-likeness (QED) is 0.711. The molecule has 0 fully saturated rings. The molecule has 2 nitrogen and oxygen atoms in total. The molecule has 0 spiro atoms. The van der Waals surface area contributed by atoms with Crippen molar-refractivity contribution < 1.29 is 5.11 Å². The normalized spacial score (nSPS) is 9.80. The Balaban J connectivity index is 0.00000147. The molecule has 2 aromatic carbocycles. The van der Waals surface area contributed by atoms with Crippen LogP contribution in [-0.2, 0) is 0 Å². The number of pyridine rings is 1. The van der Waals surface area contributed by atoms with Crippen LogP contribution in [0, 0.1) is 0 Å². The molecule has 0 amide bonds. The fourth-order valence-corrected chi connectivity index (χ4v) is 2.09. The summed E-state index contributed by atoms with van der Waals surface area (Å²) in [6.45, 7) is 0. The number of phenols is 1. The Kier molecular flexibility index (Phi) is 4.63. The van der Waals surface area contributed by atoms with Gasteiger partial charge in [-0.05, 0) is 28.8 Å². The van der Waals surface area contributed by atoms with Crippen LogP contribution in [0.2, 0.25) is 0 Å². The third-order valence-corrected chi connectivity index (χ3v) is 3.09. The maximum absolute atomic E-state index is 9.84. The minimum atomic E-state index is 0. The van der Waals surface area contributed by atoms with Gasteiger partial charge in [0.15, 0.2) is 0 Å². The van der Waals surface area contributed by atoms with Crippen molar-refractivity contribution in [1.82, 2.24) is 4.98 Å². The molecule has 0 bridgehead atoms. The van der Waals surface area contributed by atoms with Crippen molar-refractivity contribution in [1.29, 1.82) is 0 Å². The van der Waals surface area contributed by atoms with Crippen molar-refractivity contribution >= 4 is 18.9 Å². The summed E-state index contributed by atoms with van der Waals surface area (Å²) < 4.78 is 0. The number of aromatic hydroxyl groups is 1. The molecule has 0 aliphatic rings. The van der Waals surface area contributed by atoms with Crippen LogP contribution in [0.3, 0.4) is 0 Å². The molecule has 0 aliphatic carbocycles. The van der Waals surface area contributed by atoms with Crippen LogP contribution in [0.5, 0.6) is 5.75 Å². The summed E-state index contributed by atoms with van der Waals surface area (Å²) in [6, 6.07) is 19.4. The molecule has 1 N–H and O–H groups in total. The molecule has 1 aromatic heterocycles. The van der Waals surface area contributed by atoms with E-state index in [1.54, 1.807) is 12.3 Å². The molecule has 0 saturated carbocycles. The number of para-hydroxylation sites is 1. The zero-order valence-electron chi connectivity index (χ0n) is 10.3. The van der Waals surface area contributed by atoms with Gasteiger partial charge in [-0.2, -0.15) is 0 Å². The van der Waals surface area contributed by atoms with Gasteiger partial charge < -0.3 is 5.11 Å². The van der Waals surface area contributed by atoms with Crippen LogP contribution < -0.4 is 0 Å². The second-order valence-electron chi connectivity index (χ2n) is 4.34. The van der Waals surface area contributed by atoms with E-state index in [0.29, 0.717) is 5.75 Å². The van der Waals surface area contributed by atoms with Gasteiger partial charge in [0.1, 0.15) is 5.75 Å². The van der Waals surface area contributed by atoms with E-state index in [-0.39, 0.29) is 18.9 Å². The number of hydrogen-bond acceptors (Lipinski definition) is 2. The Morgan fingerprint density at radius 2 is 1.40 bits per heavy atom. The predicted molar refractivity (Wildman–Crippen MR) is 83.9 cm³/mol. The molecule has 3 aromatic rings. The van der Waals surface area contributed by atoms with E-state index in [0.717, 1.165) is 22.3 Å². The molecule has 0 atom stereocenters. The van der Waals surface area contributed by atoms with Gasteiger partial charge in [0.2, 0.25) is 0 Å². The molecule has 3 rings (SSSR count). The van der Waals surface area contributed by atoms with Gasteiger partial charge in [0.25, 0.3) is 0 Å². The third kappa shape index (κ3) is 2.93. The van der Waals surface area contributed by atoms with Crippen molar-refractivity contribution in [3.63, 3.8) is 0 Å². The summed E-state index contributed by atoms with van der Waals surface area (Å²) >= 11 is 0. The topological polar surface area (TPSA) is 33.1 Å². The first-order valence-electron chi connectivity index (χ1n) is 6.13. The molecular weight excluding hydrogens is 241 g/mol. The summed E-state index contributed by atoms with van der Waals surface area (Å²) in [5.74, 6) is 0.302. The Hall–Kier alpha value is -2.01. The van der Waals surface area contributed by atoms with Crippen molar-refractivity contribution in [2.45, 2.75) is 0 Å². The maximum atomic E-state index is 9.84. The average Bonchev–Trinajstić information content (AvgIpc) is 2.49. The Labute approximate surface area is 130 Å². The zero-order valence-corrected chi connectivity index (χ0v) is 10.3. The molecule has 94 valence electrons. The van der Waals surface area contributed by atoms with Crippen LogP contribution in [0.15, 0.2) is 73.1 Å². The van der Waals surface area contributed by atoms with E-state index >= 15 is 0 Å². The molecule has 1 heterocycles. The number of nitrogens with zero attached hydrogens (tertiary/aromatic N) is 1. The molecular formula is C17H14LiNO. The van der Waals surface area contributed by atoms with Crippen LogP contribution in [-0.4, -0.2) is 29.0 Å². The Morgan fingerprint density at radius 1 is 0.700 bits per heavy atom. The van der Waals surface area contributed by atoms with Crippen LogP contribution in [0.4, 0.5) is 0 Å². The standard InChI is InChI=1S/C17H13NO.Li.H/c19-17-6-2-1-5-16(17)14-9-7-13(8-10-14)15-4-3-11-18-12-15;;/h1-12,19H;;. The first-order chi connectivity index (χ1) is 9.34. The van der Waals surface area contributed by atoms with E-state index in [9.17, 15) is 5.11 Å². The molecule has 3 heteroatoms. The van der Waals surface area contributed by atoms with E-state index in [1.807, 2.05) is 60.8 Å². The second kappa shape index (κ2) is 6.43. The summed E-state index contributed by atoms with van der Waals surface area (Å²) in [7, 11) is 0. The third-order valence-electron chi connectivity index (χ3n) is 3.09. The van der Waals surface area contributed by atoms with Gasteiger partial charge in [0, 0.05) is 18.0 Å². The van der Waals surface area contributed by atoms with Gasteiger partial charge in [-0.15, -0.1) is 0 Å². The molecule has 20 heavy (non-hydrogen) atoms. The average molecular weight is 255 g/mol. The van der Waals surface area contributed by atoms with Gasteiger partial charge >= 0.3 is 18.9 Å². The molecule has 0 aliphatic heterocycles. The van der Waals surface area contributed by atoms with Crippen LogP contribution >= 0.6 is 0 Å². The predicted octanol–water partition coefficient (Wildman–Crippen LogP) is 3.47. The molecule has 0 unspecified atom stereocenters. The van der Waals surface area contributed by atoms with Gasteiger partial charge in [-0.1, -0.05) is 48.5 Å². The minimum absolute atomic E-state index is 0. The van der Waals surface area contributed by atoms with E-state index in [4.69, 9.17) is 0 Å². The number of rotatable bonds is 2. The monoisotopic (exact) mass is 255 g/mol. The summed E-state index contributed by atoms with van der Waals surface area (Å²) in [6.07, 6.45) is 3.61. The van der Waals surface area contributed by atoms with Gasteiger partial charge in [0.05, 0.1) is 0 Å². The zero-order chi connectivity index (χ0) is 13.1. The number of aromatic nitrogens is 1. The first-order valence-corrected chi connectivity index (χ1v) is 6.13. The fraction of sp³-hybridized carbons (Fsp3) is 0. The SMILES string of the molecule is Oc1ccccc1-c1ccc(-c2cccnc2)cc1.[LiH]. The summed E-state index contributed by atoms with van der Waals surface area (Å²) in [4.78, 5) is 4.12. The number of phenolic OH excluding ortho intramolecular Hbond substituents is 1. The van der Waals surface area contributed by atoms with Crippen molar-refractivity contribution in [3.8, 4) is 28.0 Å². The molecule has 0 radical (unpaired) electrons. The summed E-state index contributed by atoms with van der Waals surface area (Å²) in [5.41, 5.74) is 4.06. The van der Waals surface area contributed by atoms with Crippen LogP contribution in [0.1, 0.15) is 0 Å². The van der Waals surface area contributed by atoms with Crippen molar-refractivity contribution in [2.75, 3.05) is 0 Å². The van der Waals surface area contributed by atoms with Gasteiger partial charge in [-0.25, -0.2) is 0 Å². The van der Waals surface area contributed by atoms with Crippen LogP contribution in [0.25, 0.3) is 22.3 Å². The Bertz CT molecular complexity index is 681. The van der Waals surface area contributed by atoms with E-state index in [2.05, 4.69) is 4.98 Å². The van der Waals surface area contributed by atoms with E-state index in [1.165, 1.54) is 0 Å². The van der Waals surface area contributed by atoms with Crippen molar-refractivity contribution in [2.24, 2.45) is 0 Å². The summed E-state index contributed by atoms with van der Waals surface area (Å²) in [5, 5.41) is 9.84. The number of benzene rings is 2. The van der Waals surface area contributed by atoms with Crippen molar-refractivity contribution in [3.05, 3.63) is 73.1 Å².